The number of hydrogen-bond acceptors (Lipinski definition) is 5. The topological polar surface area (TPSA) is 96.6 Å². The standard InChI is InChI=1S/C15H25N3O4/c1-10(2)18-13(5-6-16-18)14-12(4-3-7-22-14)15(21)17-11(8-19)9-20/h5-6,10-12,14,19-20H,3-4,7-9H2,1-2H3,(H,17,21)/t12-,14-/m1/s1. The fourth-order valence-corrected chi connectivity index (χ4v) is 2.78. The minimum absolute atomic E-state index is 0.182. The van der Waals surface area contributed by atoms with Crippen LogP contribution in [-0.4, -0.2) is 51.8 Å². The van der Waals surface area contributed by atoms with E-state index in [1.54, 1.807) is 6.20 Å². The predicted octanol–water partition coefficient (Wildman–Crippen LogP) is 0.401. The second-order valence-corrected chi connectivity index (χ2v) is 5.91. The average Bonchev–Trinajstić information content (AvgIpc) is 3.02. The third-order valence-corrected chi connectivity index (χ3v) is 3.93. The van der Waals surface area contributed by atoms with E-state index >= 15 is 0 Å². The number of aliphatic hydroxyl groups is 2. The fraction of sp³-hybridized carbons (Fsp3) is 0.733. The average molecular weight is 311 g/mol. The Morgan fingerprint density at radius 3 is 2.86 bits per heavy atom. The van der Waals surface area contributed by atoms with Crippen molar-refractivity contribution in [1.82, 2.24) is 15.1 Å². The lowest BCUT2D eigenvalue weighted by Gasteiger charge is -2.32. The number of hydrogen-bond donors (Lipinski definition) is 3. The van der Waals surface area contributed by atoms with Crippen molar-refractivity contribution in [2.75, 3.05) is 19.8 Å². The van der Waals surface area contributed by atoms with Crippen LogP contribution in [0.25, 0.3) is 0 Å². The fourth-order valence-electron chi connectivity index (χ4n) is 2.78. The Hall–Kier alpha value is -1.44. The Kier molecular flexibility index (Phi) is 5.93. The SMILES string of the molecule is CC(C)n1nccc1[C@@H]1OCCC[C@H]1C(=O)NC(CO)CO. The molecule has 2 rings (SSSR count). The number of nitrogens with zero attached hydrogens (tertiary/aromatic N) is 2. The molecular weight excluding hydrogens is 286 g/mol. The summed E-state index contributed by atoms with van der Waals surface area (Å²) in [5.41, 5.74) is 0.888. The lowest BCUT2D eigenvalue weighted by molar-refractivity contribution is -0.136. The number of carbonyl (C=O) groups excluding carboxylic acids is 1. The van der Waals surface area contributed by atoms with Gasteiger partial charge in [0.2, 0.25) is 5.91 Å². The highest BCUT2D eigenvalue weighted by Gasteiger charge is 2.36. The summed E-state index contributed by atoms with van der Waals surface area (Å²) in [4.78, 5) is 12.5. The number of carbonyl (C=O) groups is 1. The Morgan fingerprint density at radius 1 is 1.50 bits per heavy atom. The second kappa shape index (κ2) is 7.71. The van der Waals surface area contributed by atoms with E-state index in [1.807, 2.05) is 24.6 Å². The molecule has 0 aliphatic carbocycles. The van der Waals surface area contributed by atoms with Crippen molar-refractivity contribution in [3.63, 3.8) is 0 Å². The van der Waals surface area contributed by atoms with Crippen LogP contribution in [0.1, 0.15) is 44.5 Å². The number of aliphatic hydroxyl groups excluding tert-OH is 2. The summed E-state index contributed by atoms with van der Waals surface area (Å²) in [5, 5.41) is 25.2. The van der Waals surface area contributed by atoms with Crippen molar-refractivity contribution >= 4 is 5.91 Å². The summed E-state index contributed by atoms with van der Waals surface area (Å²) in [6.07, 6.45) is 2.89. The number of ether oxygens (including phenoxy) is 1. The highest BCUT2D eigenvalue weighted by molar-refractivity contribution is 5.79. The van der Waals surface area contributed by atoms with Crippen LogP contribution >= 0.6 is 0 Å². The van der Waals surface area contributed by atoms with Crippen LogP contribution in [0.3, 0.4) is 0 Å². The maximum Gasteiger partial charge on any atom is 0.226 e. The Labute approximate surface area is 130 Å². The summed E-state index contributed by atoms with van der Waals surface area (Å²) in [6.45, 7) is 4.10. The van der Waals surface area contributed by atoms with Crippen LogP contribution in [0.15, 0.2) is 12.3 Å². The zero-order valence-corrected chi connectivity index (χ0v) is 13.1. The van der Waals surface area contributed by atoms with E-state index in [0.29, 0.717) is 13.0 Å². The molecule has 7 heteroatoms. The molecule has 22 heavy (non-hydrogen) atoms. The lowest BCUT2D eigenvalue weighted by atomic mass is 9.91. The molecule has 0 bridgehead atoms. The summed E-state index contributed by atoms with van der Waals surface area (Å²) >= 11 is 0. The zero-order valence-electron chi connectivity index (χ0n) is 13.1. The third-order valence-electron chi connectivity index (χ3n) is 3.93. The number of amides is 1. The first-order valence-electron chi connectivity index (χ1n) is 7.75. The van der Waals surface area contributed by atoms with Crippen LogP contribution in [0.5, 0.6) is 0 Å². The number of nitrogens with one attached hydrogen (secondary N) is 1. The van der Waals surface area contributed by atoms with E-state index in [0.717, 1.165) is 12.1 Å². The van der Waals surface area contributed by atoms with Gasteiger partial charge < -0.3 is 20.3 Å². The summed E-state index contributed by atoms with van der Waals surface area (Å²) in [6, 6.07) is 1.43. The Morgan fingerprint density at radius 2 is 2.23 bits per heavy atom. The molecule has 1 aliphatic heterocycles. The predicted molar refractivity (Wildman–Crippen MR) is 80.1 cm³/mol. The molecule has 0 spiro atoms. The maximum absolute atomic E-state index is 12.5. The van der Waals surface area contributed by atoms with Crippen LogP contribution < -0.4 is 5.32 Å². The molecule has 3 N–H and O–H groups in total. The number of aromatic nitrogens is 2. The van der Waals surface area contributed by atoms with Gasteiger partial charge in [0, 0.05) is 18.8 Å². The maximum atomic E-state index is 12.5. The minimum Gasteiger partial charge on any atom is -0.394 e. The van der Waals surface area contributed by atoms with E-state index in [1.165, 1.54) is 0 Å². The summed E-state index contributed by atoms with van der Waals surface area (Å²) in [5.74, 6) is -0.544. The molecule has 1 amide bonds. The van der Waals surface area contributed by atoms with Crippen molar-refractivity contribution < 1.29 is 19.7 Å². The minimum atomic E-state index is -0.634. The van der Waals surface area contributed by atoms with Crippen LogP contribution in [0, 0.1) is 5.92 Å². The van der Waals surface area contributed by atoms with Crippen LogP contribution in [0.2, 0.25) is 0 Å². The largest absolute Gasteiger partial charge is 0.394 e. The monoisotopic (exact) mass is 311 g/mol. The van der Waals surface area contributed by atoms with Crippen molar-refractivity contribution in [2.24, 2.45) is 5.92 Å². The Bertz CT molecular complexity index is 485. The van der Waals surface area contributed by atoms with Gasteiger partial charge in [-0.2, -0.15) is 5.10 Å². The second-order valence-electron chi connectivity index (χ2n) is 5.91. The van der Waals surface area contributed by atoms with Gasteiger partial charge in [-0.1, -0.05) is 0 Å². The van der Waals surface area contributed by atoms with E-state index < -0.39 is 6.04 Å². The summed E-state index contributed by atoms with van der Waals surface area (Å²) in [7, 11) is 0. The molecular formula is C15H25N3O4. The van der Waals surface area contributed by atoms with Crippen molar-refractivity contribution in [2.45, 2.75) is 44.9 Å². The van der Waals surface area contributed by atoms with Gasteiger partial charge in [0.05, 0.1) is 30.9 Å². The van der Waals surface area contributed by atoms with Gasteiger partial charge in [0.25, 0.3) is 0 Å². The normalized spacial score (nSPS) is 22.3. The van der Waals surface area contributed by atoms with E-state index in [2.05, 4.69) is 10.4 Å². The quantitative estimate of drug-likeness (QED) is 0.707. The molecule has 1 aromatic rings. The molecule has 1 aromatic heterocycles. The molecule has 2 heterocycles. The third kappa shape index (κ3) is 3.66. The zero-order chi connectivity index (χ0) is 16.1. The molecule has 0 saturated carbocycles. The van der Waals surface area contributed by atoms with Gasteiger partial charge in [-0.15, -0.1) is 0 Å². The Balaban J connectivity index is 2.17. The molecule has 0 radical (unpaired) electrons. The van der Waals surface area contributed by atoms with Gasteiger partial charge in [-0.3, -0.25) is 9.48 Å². The van der Waals surface area contributed by atoms with Gasteiger partial charge in [0.15, 0.2) is 0 Å². The van der Waals surface area contributed by atoms with E-state index in [4.69, 9.17) is 14.9 Å². The molecule has 2 atom stereocenters. The molecule has 0 unspecified atom stereocenters. The van der Waals surface area contributed by atoms with Gasteiger partial charge in [-0.25, -0.2) is 0 Å². The van der Waals surface area contributed by atoms with Gasteiger partial charge in [0.1, 0.15) is 6.10 Å². The van der Waals surface area contributed by atoms with Crippen molar-refractivity contribution in [3.8, 4) is 0 Å². The molecule has 7 nitrogen and oxygen atoms in total. The molecule has 1 aliphatic rings. The van der Waals surface area contributed by atoms with Crippen molar-refractivity contribution in [1.29, 1.82) is 0 Å². The van der Waals surface area contributed by atoms with Crippen LogP contribution in [0.4, 0.5) is 0 Å². The first-order valence-corrected chi connectivity index (χ1v) is 7.75. The first kappa shape index (κ1) is 16.9. The lowest BCUT2D eigenvalue weighted by Crippen LogP contribution is -2.46. The smallest absolute Gasteiger partial charge is 0.226 e. The molecule has 124 valence electrons. The summed E-state index contributed by atoms with van der Waals surface area (Å²) < 4.78 is 7.72. The highest BCUT2D eigenvalue weighted by atomic mass is 16.5. The van der Waals surface area contributed by atoms with E-state index in [9.17, 15) is 4.79 Å². The van der Waals surface area contributed by atoms with Crippen molar-refractivity contribution in [3.05, 3.63) is 18.0 Å². The van der Waals surface area contributed by atoms with Gasteiger partial charge in [-0.05, 0) is 32.8 Å². The highest BCUT2D eigenvalue weighted by Crippen LogP contribution is 2.34. The van der Waals surface area contributed by atoms with E-state index in [-0.39, 0.29) is 37.2 Å². The molecule has 0 aromatic carbocycles. The van der Waals surface area contributed by atoms with Crippen LogP contribution in [-0.2, 0) is 9.53 Å². The van der Waals surface area contributed by atoms with Gasteiger partial charge >= 0.3 is 0 Å². The molecule has 1 saturated heterocycles. The number of rotatable bonds is 6. The first-order chi connectivity index (χ1) is 10.6. The molecule has 1 fully saturated rings.